The summed E-state index contributed by atoms with van der Waals surface area (Å²) in [6.45, 7) is 10.6. The molecule has 5 heterocycles. The Morgan fingerprint density at radius 1 is 0.955 bits per heavy atom. The predicted octanol–water partition coefficient (Wildman–Crippen LogP) is 4.63. The summed E-state index contributed by atoms with van der Waals surface area (Å²) >= 11 is 0. The van der Waals surface area contributed by atoms with E-state index in [-0.39, 0.29) is 24.5 Å². The lowest BCUT2D eigenvalue weighted by Crippen LogP contribution is -2.79. The van der Waals surface area contributed by atoms with Gasteiger partial charge in [-0.3, -0.25) is 19.4 Å². The molecule has 1 saturated carbocycles. The predicted molar refractivity (Wildman–Crippen MR) is 245 cm³/mol. The van der Waals surface area contributed by atoms with Crippen LogP contribution in [0.25, 0.3) is 11.6 Å². The summed E-state index contributed by atoms with van der Waals surface area (Å²) in [7, 11) is 6.24. The first-order valence-electron chi connectivity index (χ1n) is 23.9. The van der Waals surface area contributed by atoms with Crippen molar-refractivity contribution in [3.05, 3.63) is 82.1 Å². The van der Waals surface area contributed by atoms with Gasteiger partial charge >= 0.3 is 23.9 Å². The minimum Gasteiger partial charge on any atom is -0.468 e. The molecule has 14 nitrogen and oxygen atoms in total. The summed E-state index contributed by atoms with van der Waals surface area (Å²) < 4.78 is 29.5. The molecule has 0 aromatic heterocycles. The second-order valence-electron chi connectivity index (χ2n) is 20.2. The smallest absolute Gasteiger partial charge is 0.344 e. The van der Waals surface area contributed by atoms with Gasteiger partial charge in [0.25, 0.3) is 0 Å². The molecule has 66 heavy (non-hydrogen) atoms. The zero-order valence-electron chi connectivity index (χ0n) is 39.8. The minimum atomic E-state index is -2.31. The molecule has 1 aromatic carbocycles. The van der Waals surface area contributed by atoms with Crippen LogP contribution in [0.4, 0.5) is 0 Å². The average Bonchev–Trinajstić information content (AvgIpc) is 3.97. The van der Waals surface area contributed by atoms with Gasteiger partial charge in [0, 0.05) is 81.8 Å². The number of nitrogens with zero attached hydrogens (tertiary/aromatic N) is 3. The van der Waals surface area contributed by atoms with Gasteiger partial charge in [0.2, 0.25) is 5.60 Å². The molecule has 3 saturated heterocycles. The highest BCUT2D eigenvalue weighted by molar-refractivity contribution is 5.91. The summed E-state index contributed by atoms with van der Waals surface area (Å²) in [4.78, 5) is 62.4. The number of allylic oxidation sites excluding steroid dienone is 1. The van der Waals surface area contributed by atoms with Gasteiger partial charge in [0.15, 0.2) is 6.10 Å². The standard InChI is InChI=1S/C52H67N3O11/c1-9-48(60)27-33-28-51(46(58)63-7,37-24-34-15-13-32(14-16-42(57)65-11-3)23-36(34)35(37)17-21-54(29-33)30-48)39-25-38-40(26-41(39)62-6)53(5)44-50(38)19-22-55-20-12-18-49(10-2,43(50)55)45(66-31(4)56)52(44,61)47(59)64-8/h12-16,18,23,25-26,33,39,41,43-45,60-61H,9-11,17,19-22,24,27-30H2,1-8H3/b16-14+/t33-,39?,41?,43+,44-,45-,48+,49-,50-,51-,52+/m1/s1. The van der Waals surface area contributed by atoms with Crippen molar-refractivity contribution in [3.63, 3.8) is 0 Å². The van der Waals surface area contributed by atoms with Crippen LogP contribution in [0.5, 0.6) is 0 Å². The van der Waals surface area contributed by atoms with Crippen molar-refractivity contribution in [1.29, 1.82) is 0 Å². The van der Waals surface area contributed by atoms with E-state index in [2.05, 4.69) is 46.2 Å². The van der Waals surface area contributed by atoms with E-state index in [9.17, 15) is 24.6 Å². The van der Waals surface area contributed by atoms with E-state index >= 15 is 4.79 Å². The molecule has 356 valence electrons. The third-order valence-corrected chi connectivity index (χ3v) is 17.2. The number of rotatable bonds is 10. The molecule has 1 spiro atoms. The highest BCUT2D eigenvalue weighted by Gasteiger charge is 2.81. The van der Waals surface area contributed by atoms with Gasteiger partial charge in [0.05, 0.1) is 44.0 Å². The number of aliphatic hydroxyl groups is 2. The summed E-state index contributed by atoms with van der Waals surface area (Å²) in [5.41, 5.74) is 0.147. The van der Waals surface area contributed by atoms with Crippen LogP contribution in [0, 0.1) is 28.1 Å². The van der Waals surface area contributed by atoms with E-state index in [4.69, 9.17) is 23.7 Å². The van der Waals surface area contributed by atoms with E-state index in [1.165, 1.54) is 27.2 Å². The number of carbonyl (C=O) groups excluding carboxylic acids is 4. The number of benzene rings is 1. The molecule has 4 fully saturated rings. The maximum absolute atomic E-state index is 15.6. The zero-order chi connectivity index (χ0) is 47.1. The third kappa shape index (κ3) is 6.58. The highest BCUT2D eigenvalue weighted by Crippen LogP contribution is 2.71. The average molecular weight is 910 g/mol. The first-order valence-corrected chi connectivity index (χ1v) is 23.9. The van der Waals surface area contributed by atoms with E-state index in [1.807, 2.05) is 31.9 Å². The number of hydrogen-bond acceptors (Lipinski definition) is 14. The summed E-state index contributed by atoms with van der Waals surface area (Å²) in [5.74, 6) is -3.03. The van der Waals surface area contributed by atoms with Crippen LogP contribution in [0.2, 0.25) is 0 Å². The van der Waals surface area contributed by atoms with Crippen LogP contribution in [-0.2, 0) is 49.3 Å². The number of carbonyl (C=O) groups is 4. The van der Waals surface area contributed by atoms with Crippen molar-refractivity contribution in [2.45, 2.75) is 108 Å². The van der Waals surface area contributed by atoms with Crippen molar-refractivity contribution >= 4 is 35.5 Å². The van der Waals surface area contributed by atoms with Crippen LogP contribution >= 0.6 is 0 Å². The van der Waals surface area contributed by atoms with E-state index in [1.54, 1.807) is 20.1 Å². The summed E-state index contributed by atoms with van der Waals surface area (Å²) in [6, 6.07) is 4.93. The SMILES string of the molecule is CCOC(=O)/C=C/c1ccc2c(c1)C1=C(C2)[C@@](C(=O)OC)(C2C=C3C(=CC2OC)N(C)[C@H]2[C@@](O)(C(=O)OC)[C@H](OC(C)=O)[C@]4(CC)C=CCN5CC[C@]32[C@@H]54)C[C@@H]2CN(CC1)C[C@](O)(CC)C2. The molecule has 12 atom stereocenters. The molecule has 8 aliphatic rings. The number of likely N-dealkylation sites (tertiary alicyclic amines) is 1. The van der Waals surface area contributed by atoms with Crippen LogP contribution in [0.3, 0.4) is 0 Å². The molecule has 5 aliphatic heterocycles. The lowest BCUT2D eigenvalue weighted by atomic mass is 9.47. The van der Waals surface area contributed by atoms with Gasteiger partial charge in [-0.1, -0.05) is 44.2 Å². The lowest BCUT2D eigenvalue weighted by Gasteiger charge is -2.63. The van der Waals surface area contributed by atoms with Crippen LogP contribution in [0.1, 0.15) is 82.9 Å². The molecule has 14 heteroatoms. The first kappa shape index (κ1) is 46.5. The van der Waals surface area contributed by atoms with Crippen molar-refractivity contribution in [2.75, 3.05) is 67.7 Å². The number of likely N-dealkylation sites (N-methyl/N-ethyl adjacent to an activating group) is 1. The van der Waals surface area contributed by atoms with Crippen molar-refractivity contribution in [2.24, 2.45) is 28.1 Å². The fraction of sp³-hybridized carbons (Fsp3) is 0.615. The Balaban J connectivity index is 1.30. The number of piperidine rings is 1. The fourth-order valence-electron chi connectivity index (χ4n) is 14.8. The Kier molecular flexibility index (Phi) is 11.9. The van der Waals surface area contributed by atoms with Crippen molar-refractivity contribution in [1.82, 2.24) is 14.7 Å². The first-order chi connectivity index (χ1) is 31.5. The Morgan fingerprint density at radius 2 is 1.73 bits per heavy atom. The Hall–Kier alpha value is -4.60. The molecule has 0 amide bonds. The van der Waals surface area contributed by atoms with E-state index in [0.29, 0.717) is 77.7 Å². The van der Waals surface area contributed by atoms with Gasteiger partial charge in [0.1, 0.15) is 0 Å². The second-order valence-corrected chi connectivity index (χ2v) is 20.2. The van der Waals surface area contributed by atoms with Crippen LogP contribution < -0.4 is 0 Å². The number of ether oxygens (including phenoxy) is 5. The zero-order valence-corrected chi connectivity index (χ0v) is 39.8. The molecular weight excluding hydrogens is 843 g/mol. The van der Waals surface area contributed by atoms with E-state index < -0.39 is 69.5 Å². The third-order valence-electron chi connectivity index (χ3n) is 17.2. The maximum Gasteiger partial charge on any atom is 0.344 e. The Labute approximate surface area is 388 Å². The fourth-order valence-corrected chi connectivity index (χ4v) is 14.8. The monoisotopic (exact) mass is 909 g/mol. The highest BCUT2D eigenvalue weighted by atomic mass is 16.6. The van der Waals surface area contributed by atoms with Crippen LogP contribution in [0.15, 0.2) is 65.4 Å². The molecule has 0 radical (unpaired) electrons. The van der Waals surface area contributed by atoms with Gasteiger partial charge in [-0.2, -0.15) is 0 Å². The summed E-state index contributed by atoms with van der Waals surface area (Å²) in [5, 5.41) is 25.6. The number of esters is 4. The minimum absolute atomic E-state index is 0.0957. The van der Waals surface area contributed by atoms with Gasteiger partial charge in [-0.15, -0.1) is 0 Å². The normalized spacial score (nSPS) is 38.7. The molecule has 3 unspecified atom stereocenters. The molecule has 3 aliphatic carbocycles. The van der Waals surface area contributed by atoms with E-state index in [0.717, 1.165) is 39.1 Å². The molecular formula is C52H67N3O11. The topological polar surface area (TPSA) is 165 Å². The number of fused-ring (bicyclic) bond motifs is 5. The van der Waals surface area contributed by atoms with Gasteiger partial charge in [-0.05, 0) is 116 Å². The van der Waals surface area contributed by atoms with Gasteiger partial charge < -0.3 is 38.8 Å². The Bertz CT molecular complexity index is 2350. The molecule has 2 bridgehead atoms. The largest absolute Gasteiger partial charge is 0.468 e. The number of hydrogen-bond donors (Lipinski definition) is 2. The lowest BCUT2D eigenvalue weighted by molar-refractivity contribution is -0.243. The van der Waals surface area contributed by atoms with Crippen molar-refractivity contribution in [3.8, 4) is 0 Å². The van der Waals surface area contributed by atoms with Gasteiger partial charge in [-0.25, -0.2) is 9.59 Å². The molecule has 1 aromatic rings. The molecule has 2 N–H and O–H groups in total. The second kappa shape index (κ2) is 16.9. The maximum atomic E-state index is 15.6. The Morgan fingerprint density at radius 3 is 2.41 bits per heavy atom. The number of methoxy groups -OCH3 is 3. The van der Waals surface area contributed by atoms with Crippen LogP contribution in [-0.4, -0.2) is 152 Å². The molecule has 9 rings (SSSR count). The van der Waals surface area contributed by atoms with Crippen molar-refractivity contribution < 1.29 is 53.1 Å². The quantitative estimate of drug-likeness (QED) is 0.145. The summed E-state index contributed by atoms with van der Waals surface area (Å²) in [6.07, 6.45) is 13.2.